The number of sulfonamides is 1. The number of nitrogens with one attached hydrogen (secondary N) is 2. The molecular formula is C26H29N3O7S. The van der Waals surface area contributed by atoms with Gasteiger partial charge in [0.05, 0.1) is 24.6 Å². The Hall–Kier alpha value is -4.12. The topological polar surface area (TPSA) is 148 Å². The molecule has 3 N–H and O–H groups in total. The van der Waals surface area contributed by atoms with Crippen molar-refractivity contribution < 1.29 is 23.1 Å². The van der Waals surface area contributed by atoms with Crippen LogP contribution in [0.2, 0.25) is 0 Å². The van der Waals surface area contributed by atoms with Crippen LogP contribution in [0.3, 0.4) is 0 Å². The van der Waals surface area contributed by atoms with Crippen LogP contribution in [-0.4, -0.2) is 42.4 Å². The second kappa shape index (κ2) is 10.1. The number of H-pyrrole nitrogens is 1. The van der Waals surface area contributed by atoms with Crippen molar-refractivity contribution >= 4 is 33.8 Å². The smallest absolute Gasteiger partial charge is 0.336 e. The Kier molecular flexibility index (Phi) is 7.49. The Bertz CT molecular complexity index is 1630. The average molecular weight is 528 g/mol. The van der Waals surface area contributed by atoms with Gasteiger partial charge in [-0.25, -0.2) is 18.0 Å². The fourth-order valence-corrected chi connectivity index (χ4v) is 4.49. The number of anilines is 1. The quantitative estimate of drug-likeness (QED) is 0.399. The Morgan fingerprint density at radius 3 is 2.35 bits per heavy atom. The summed E-state index contributed by atoms with van der Waals surface area (Å²) in [6.45, 7) is 7.63. The molecule has 0 aliphatic carbocycles. The van der Waals surface area contributed by atoms with Gasteiger partial charge >= 0.3 is 11.7 Å². The highest BCUT2D eigenvalue weighted by molar-refractivity contribution is 7.92. The zero-order valence-corrected chi connectivity index (χ0v) is 22.2. The van der Waals surface area contributed by atoms with Gasteiger partial charge in [0.2, 0.25) is 10.0 Å². The molecule has 0 saturated carbocycles. The summed E-state index contributed by atoms with van der Waals surface area (Å²) in [4.78, 5) is 38.3. The second-order valence-corrected chi connectivity index (χ2v) is 11.4. The summed E-state index contributed by atoms with van der Waals surface area (Å²) in [6.07, 6.45) is 5.64. The number of aromatic nitrogens is 2. The van der Waals surface area contributed by atoms with Crippen molar-refractivity contribution in [2.45, 2.75) is 33.1 Å². The van der Waals surface area contributed by atoms with Crippen LogP contribution in [0.1, 0.15) is 53.4 Å². The van der Waals surface area contributed by atoms with Crippen molar-refractivity contribution in [3.63, 3.8) is 0 Å². The molecule has 0 bridgehead atoms. The number of carbonyl (C=O) groups is 1. The summed E-state index contributed by atoms with van der Waals surface area (Å²) < 4.78 is 32.6. The maximum atomic E-state index is 12.5. The van der Waals surface area contributed by atoms with Crippen molar-refractivity contribution in [2.24, 2.45) is 0 Å². The van der Waals surface area contributed by atoms with Gasteiger partial charge in [0.15, 0.2) is 0 Å². The van der Waals surface area contributed by atoms with E-state index in [1.807, 2.05) is 20.8 Å². The third-order valence-corrected chi connectivity index (χ3v) is 6.17. The maximum absolute atomic E-state index is 12.5. The summed E-state index contributed by atoms with van der Waals surface area (Å²) >= 11 is 0. The van der Waals surface area contributed by atoms with Gasteiger partial charge in [-0.05, 0) is 47.7 Å². The van der Waals surface area contributed by atoms with Crippen molar-refractivity contribution in [3.8, 4) is 11.4 Å². The lowest BCUT2D eigenvalue weighted by Crippen LogP contribution is -2.28. The van der Waals surface area contributed by atoms with Crippen LogP contribution in [0.4, 0.5) is 5.69 Å². The van der Waals surface area contributed by atoms with Gasteiger partial charge < -0.3 is 9.84 Å². The molecule has 0 aliphatic rings. The Morgan fingerprint density at radius 2 is 1.81 bits per heavy atom. The predicted octanol–water partition coefficient (Wildman–Crippen LogP) is 3.38. The van der Waals surface area contributed by atoms with E-state index >= 15 is 0 Å². The van der Waals surface area contributed by atoms with E-state index in [0.29, 0.717) is 28.1 Å². The van der Waals surface area contributed by atoms with Gasteiger partial charge in [-0.2, -0.15) is 0 Å². The van der Waals surface area contributed by atoms with Crippen molar-refractivity contribution in [3.05, 3.63) is 85.2 Å². The van der Waals surface area contributed by atoms with Crippen LogP contribution in [0.25, 0.3) is 17.8 Å². The molecule has 3 aromatic rings. The van der Waals surface area contributed by atoms with Crippen molar-refractivity contribution in [1.82, 2.24) is 9.55 Å². The summed E-state index contributed by atoms with van der Waals surface area (Å²) in [7, 11) is -2.08. The van der Waals surface area contributed by atoms with Crippen molar-refractivity contribution in [1.29, 1.82) is 0 Å². The van der Waals surface area contributed by atoms with Gasteiger partial charge in [-0.15, -0.1) is 0 Å². The summed E-state index contributed by atoms with van der Waals surface area (Å²) in [6, 6.07) is 7.53. The Balaban J connectivity index is 2.25. The van der Waals surface area contributed by atoms with E-state index in [1.54, 1.807) is 37.3 Å². The van der Waals surface area contributed by atoms with Gasteiger partial charge in [0.1, 0.15) is 5.75 Å². The fraction of sp³-hybridized carbons (Fsp3) is 0.269. The molecule has 0 unspecified atom stereocenters. The first-order valence-electron chi connectivity index (χ1n) is 11.2. The molecule has 11 heteroatoms. The number of benzene rings is 2. The number of hydrogen-bond acceptors (Lipinski definition) is 6. The normalized spacial score (nSPS) is 12.1. The van der Waals surface area contributed by atoms with Crippen LogP contribution < -0.4 is 20.7 Å². The number of ether oxygens (including phenoxy) is 1. The molecule has 2 aromatic carbocycles. The van der Waals surface area contributed by atoms with Gasteiger partial charge in [0.25, 0.3) is 5.56 Å². The number of rotatable bonds is 7. The number of aromatic amines is 1. The number of hydrogen-bond donors (Lipinski definition) is 3. The number of carboxylic acid groups (broad SMARTS) is 1. The Labute approximate surface area is 214 Å². The maximum Gasteiger partial charge on any atom is 0.336 e. The van der Waals surface area contributed by atoms with Gasteiger partial charge in [0, 0.05) is 29.1 Å². The largest absolute Gasteiger partial charge is 0.496 e. The molecule has 0 spiro atoms. The summed E-state index contributed by atoms with van der Waals surface area (Å²) in [5, 5.41) is 9.80. The molecule has 3 rings (SSSR count). The van der Waals surface area contributed by atoms with Crippen LogP contribution in [-0.2, 0) is 15.4 Å². The summed E-state index contributed by atoms with van der Waals surface area (Å²) in [5.74, 6) is -0.689. The highest BCUT2D eigenvalue weighted by Gasteiger charge is 2.23. The molecule has 1 aromatic heterocycles. The summed E-state index contributed by atoms with van der Waals surface area (Å²) in [5.41, 5.74) is 1.27. The second-order valence-electron chi connectivity index (χ2n) is 9.61. The molecule has 0 saturated heterocycles. The molecule has 37 heavy (non-hydrogen) atoms. The lowest BCUT2D eigenvalue weighted by atomic mass is 9.84. The van der Waals surface area contributed by atoms with E-state index in [2.05, 4.69) is 9.71 Å². The van der Waals surface area contributed by atoms with Gasteiger partial charge in [-0.3, -0.25) is 19.1 Å². The van der Waals surface area contributed by atoms with E-state index in [4.69, 9.17) is 4.74 Å². The first-order chi connectivity index (χ1) is 17.1. The third-order valence-electron chi connectivity index (χ3n) is 5.57. The third kappa shape index (κ3) is 6.36. The number of aryl methyl sites for hydroxylation is 1. The molecule has 196 valence electrons. The molecule has 0 atom stereocenters. The minimum atomic E-state index is -3.60. The van der Waals surface area contributed by atoms with E-state index in [9.17, 15) is 27.9 Å². The fourth-order valence-electron chi connectivity index (χ4n) is 3.95. The highest BCUT2D eigenvalue weighted by atomic mass is 32.2. The van der Waals surface area contributed by atoms with Crippen LogP contribution in [0, 0.1) is 6.92 Å². The van der Waals surface area contributed by atoms with Gasteiger partial charge in [-0.1, -0.05) is 32.9 Å². The van der Waals surface area contributed by atoms with Crippen LogP contribution in [0.5, 0.6) is 5.75 Å². The minimum Gasteiger partial charge on any atom is -0.496 e. The van der Waals surface area contributed by atoms with E-state index < -0.39 is 32.7 Å². The van der Waals surface area contributed by atoms with Crippen LogP contribution >= 0.6 is 0 Å². The molecule has 0 amide bonds. The lowest BCUT2D eigenvalue weighted by Gasteiger charge is -2.25. The molecular weight excluding hydrogens is 498 g/mol. The number of aromatic carboxylic acids is 1. The molecule has 0 radical (unpaired) electrons. The zero-order chi connectivity index (χ0) is 27.7. The minimum absolute atomic E-state index is 0.0922. The molecule has 10 nitrogen and oxygen atoms in total. The average Bonchev–Trinajstić information content (AvgIpc) is 2.75. The molecule has 0 fully saturated rings. The standard InChI is InChI=1S/C26H29N3O7S/c1-15-11-17(28-37(6,34)35)13-20(24(31)32)19(15)8-7-16-12-18(29-10-9-22(30)27-25(29)33)14-21(23(16)36-5)26(2,3)4/h7-14,28H,1-6H3,(H,31,32)(H,27,30,33). The number of methoxy groups -OCH3 is 1. The number of nitrogens with zero attached hydrogens (tertiary/aromatic N) is 1. The SMILES string of the molecule is COc1c(C=Cc2c(C)cc(NS(C)(=O)=O)cc2C(=O)O)cc(-n2ccc(=O)[nH]c2=O)cc1C(C)(C)C. The van der Waals surface area contributed by atoms with Crippen molar-refractivity contribution in [2.75, 3.05) is 18.1 Å². The first-order valence-corrected chi connectivity index (χ1v) is 13.1. The van der Waals surface area contributed by atoms with Crippen LogP contribution in [0.15, 0.2) is 46.1 Å². The first kappa shape index (κ1) is 27.5. The number of carboxylic acids is 1. The Morgan fingerprint density at radius 1 is 1.14 bits per heavy atom. The zero-order valence-electron chi connectivity index (χ0n) is 21.4. The molecule has 0 aliphatic heterocycles. The van der Waals surface area contributed by atoms with E-state index in [-0.39, 0.29) is 11.3 Å². The highest BCUT2D eigenvalue weighted by Crippen LogP contribution is 2.37. The lowest BCUT2D eigenvalue weighted by molar-refractivity contribution is 0.0696. The van der Waals surface area contributed by atoms with E-state index in [0.717, 1.165) is 11.8 Å². The predicted molar refractivity (Wildman–Crippen MR) is 143 cm³/mol. The van der Waals surface area contributed by atoms with E-state index in [1.165, 1.54) is 30.0 Å². The monoisotopic (exact) mass is 527 g/mol. The molecule has 1 heterocycles.